The van der Waals surface area contributed by atoms with Crippen LogP contribution in [0.25, 0.3) is 10.4 Å². The molecule has 0 saturated heterocycles. The number of nitrogens with zero attached hydrogens (tertiary/aromatic N) is 1. The summed E-state index contributed by atoms with van der Waals surface area (Å²) in [7, 11) is 0. The van der Waals surface area contributed by atoms with Crippen LogP contribution in [0.5, 0.6) is 5.75 Å². The van der Waals surface area contributed by atoms with Gasteiger partial charge in [-0.15, -0.1) is 11.3 Å². The molecule has 172 valence electrons. The molecule has 1 aromatic carbocycles. The lowest BCUT2D eigenvalue weighted by molar-refractivity contribution is -0.124. The Hall–Kier alpha value is -2.38. The van der Waals surface area contributed by atoms with Gasteiger partial charge in [0, 0.05) is 29.0 Å². The van der Waals surface area contributed by atoms with Crippen molar-refractivity contribution in [1.82, 2.24) is 0 Å². The Bertz CT molecular complexity index is 953. The zero-order chi connectivity index (χ0) is 22.8. The van der Waals surface area contributed by atoms with Gasteiger partial charge in [0.1, 0.15) is 4.88 Å². The van der Waals surface area contributed by atoms with Crippen LogP contribution in [0.1, 0.15) is 68.0 Å². The van der Waals surface area contributed by atoms with Gasteiger partial charge >= 0.3 is 5.97 Å². The molecule has 1 amide bonds. The lowest BCUT2D eigenvalue weighted by atomic mass is 9.81. The van der Waals surface area contributed by atoms with E-state index in [1.807, 2.05) is 18.2 Å². The van der Waals surface area contributed by atoms with E-state index < -0.39 is 5.97 Å². The maximum absolute atomic E-state index is 13.8. The quantitative estimate of drug-likeness (QED) is 0.615. The van der Waals surface area contributed by atoms with Crippen LogP contribution in [-0.2, 0) is 4.79 Å². The van der Waals surface area contributed by atoms with Crippen molar-refractivity contribution in [3.05, 3.63) is 35.2 Å². The first kappa shape index (κ1) is 22.8. The van der Waals surface area contributed by atoms with Gasteiger partial charge in [-0.05, 0) is 81.0 Å². The van der Waals surface area contributed by atoms with Gasteiger partial charge < -0.3 is 20.2 Å². The number of benzene rings is 1. The monoisotopic (exact) mass is 458 g/mol. The summed E-state index contributed by atoms with van der Waals surface area (Å²) >= 11 is 1.18. The lowest BCUT2D eigenvalue weighted by Crippen LogP contribution is -2.47. The standard InChI is InChI=1S/C25H31NO5S/c1-15-2-4-17(5-3-15)24(29)26(18-8-12-20(28)13-9-18)21-14-22(32-23(21)25(30)31)16-6-10-19(27)11-7-16/h6-7,10-11,14-15,17-18,20,27-28H,2-5,8-9,12-13H2,1H3,(H,30,31)/p+1. The van der Waals surface area contributed by atoms with E-state index in [1.165, 1.54) is 11.3 Å². The highest BCUT2D eigenvalue weighted by Gasteiger charge is 2.37. The summed E-state index contributed by atoms with van der Waals surface area (Å²) in [6, 6.07) is 8.74. The first-order valence-corrected chi connectivity index (χ1v) is 12.4. The second-order valence-electron chi connectivity index (χ2n) is 9.33. The minimum Gasteiger partial charge on any atom is -0.593 e. The number of anilines is 1. The van der Waals surface area contributed by atoms with E-state index >= 15 is 0 Å². The van der Waals surface area contributed by atoms with E-state index in [2.05, 4.69) is 6.92 Å². The number of aliphatic hydroxyl groups is 1. The van der Waals surface area contributed by atoms with Gasteiger partial charge in [0.15, 0.2) is 0 Å². The average Bonchev–Trinajstić information content (AvgIpc) is 3.21. The fourth-order valence-corrected chi connectivity index (χ4v) is 6.00. The zero-order valence-electron chi connectivity index (χ0n) is 18.4. The maximum atomic E-state index is 13.8. The van der Waals surface area contributed by atoms with Crippen LogP contribution >= 0.6 is 11.3 Å². The predicted octanol–water partition coefficient (Wildman–Crippen LogP) is 5.01. The smallest absolute Gasteiger partial charge is 0.348 e. The summed E-state index contributed by atoms with van der Waals surface area (Å²) in [5.41, 5.74) is 1.33. The Morgan fingerprint density at radius 1 is 1.00 bits per heavy atom. The topological polar surface area (TPSA) is 101 Å². The Labute approximate surface area is 192 Å². The molecule has 4 rings (SSSR count). The third-order valence-corrected chi connectivity index (χ3v) is 8.13. The van der Waals surface area contributed by atoms with Crippen molar-refractivity contribution in [3.8, 4) is 16.2 Å². The number of aromatic carboxylic acids is 1. The van der Waals surface area contributed by atoms with Crippen molar-refractivity contribution in [2.24, 2.45) is 11.8 Å². The second-order valence-corrected chi connectivity index (χ2v) is 10.4. The molecule has 0 bridgehead atoms. The molecule has 2 aromatic rings. The third kappa shape index (κ3) is 4.84. The molecule has 2 aliphatic carbocycles. The molecular formula is C25H32NO5S+. The van der Waals surface area contributed by atoms with Crippen LogP contribution in [0, 0.1) is 11.8 Å². The Balaban J connectivity index is 1.73. The minimum atomic E-state index is -1.03. The highest BCUT2D eigenvalue weighted by molar-refractivity contribution is 7.18. The molecule has 4 N–H and O–H groups in total. The number of carboxylic acid groups (broad SMARTS) is 1. The highest BCUT2D eigenvalue weighted by atomic mass is 32.1. The van der Waals surface area contributed by atoms with Crippen molar-refractivity contribution in [3.63, 3.8) is 0 Å². The largest absolute Gasteiger partial charge is 0.593 e. The molecule has 7 heteroatoms. The number of aliphatic hydroxyl groups excluding tert-OH is 1. The van der Waals surface area contributed by atoms with E-state index in [4.69, 9.17) is 5.11 Å². The van der Waals surface area contributed by atoms with Crippen LogP contribution in [0.3, 0.4) is 0 Å². The molecule has 2 aliphatic rings. The van der Waals surface area contributed by atoms with E-state index in [-0.39, 0.29) is 28.8 Å². The van der Waals surface area contributed by atoms with Gasteiger partial charge in [-0.25, -0.2) is 4.79 Å². The number of carbonyl (C=O) groups is 2. The molecule has 6 nitrogen and oxygen atoms in total. The van der Waals surface area contributed by atoms with Gasteiger partial charge in [-0.2, -0.15) is 0 Å². The molecule has 1 heterocycles. The molecule has 0 unspecified atom stereocenters. The number of hydrogen-bond acceptors (Lipinski definition) is 4. The Morgan fingerprint density at radius 3 is 2.22 bits per heavy atom. The second kappa shape index (κ2) is 9.63. The molecule has 0 radical (unpaired) electrons. The van der Waals surface area contributed by atoms with Crippen LogP contribution in [0.4, 0.5) is 5.69 Å². The SMILES string of the molecule is CC1CCC(C(=O)N(c2cc(-c3ccc([OH2+])cc3)sc2C(=O)O)C2CCC(O)CC2)CC1. The fraction of sp³-hybridized carbons (Fsp3) is 0.520. The summed E-state index contributed by atoms with van der Waals surface area (Å²) in [6.45, 7) is 2.22. The van der Waals surface area contributed by atoms with Gasteiger partial charge in [-0.1, -0.05) is 6.92 Å². The van der Waals surface area contributed by atoms with E-state index in [0.717, 1.165) is 36.1 Å². The predicted molar refractivity (Wildman–Crippen MR) is 127 cm³/mol. The number of carboxylic acids is 1. The van der Waals surface area contributed by atoms with Crippen molar-refractivity contribution in [1.29, 1.82) is 0 Å². The Kier molecular flexibility index (Phi) is 6.86. The maximum Gasteiger partial charge on any atom is 0.348 e. The summed E-state index contributed by atoms with van der Waals surface area (Å²) in [4.78, 5) is 28.7. The molecular weight excluding hydrogens is 426 g/mol. The van der Waals surface area contributed by atoms with Crippen LogP contribution < -0.4 is 4.90 Å². The van der Waals surface area contributed by atoms with E-state index in [9.17, 15) is 19.8 Å². The summed E-state index contributed by atoms with van der Waals surface area (Å²) in [5.74, 6) is -0.0516. The van der Waals surface area contributed by atoms with Crippen molar-refractivity contribution in [2.75, 3.05) is 4.90 Å². The van der Waals surface area contributed by atoms with E-state index in [1.54, 1.807) is 17.0 Å². The van der Waals surface area contributed by atoms with Crippen molar-refractivity contribution < 1.29 is 24.9 Å². The van der Waals surface area contributed by atoms with Gasteiger partial charge in [-0.3, -0.25) is 4.79 Å². The molecule has 0 atom stereocenters. The number of amides is 1. The average molecular weight is 459 g/mol. The van der Waals surface area contributed by atoms with Crippen molar-refractivity contribution in [2.45, 2.75) is 70.4 Å². The molecule has 2 fully saturated rings. The molecule has 0 aliphatic heterocycles. The van der Waals surface area contributed by atoms with Crippen LogP contribution in [0.15, 0.2) is 30.3 Å². The van der Waals surface area contributed by atoms with Crippen LogP contribution in [0.2, 0.25) is 0 Å². The van der Waals surface area contributed by atoms with Gasteiger partial charge in [0.05, 0.1) is 11.8 Å². The lowest BCUT2D eigenvalue weighted by Gasteiger charge is -2.38. The van der Waals surface area contributed by atoms with Crippen LogP contribution in [-0.4, -0.2) is 39.3 Å². The Morgan fingerprint density at radius 2 is 1.62 bits per heavy atom. The number of carbonyl (C=O) groups excluding carboxylic acids is 1. The summed E-state index contributed by atoms with van der Waals surface area (Å²) < 4.78 is 0. The van der Waals surface area contributed by atoms with Crippen molar-refractivity contribution >= 4 is 28.9 Å². The normalized spacial score (nSPS) is 25.9. The molecule has 32 heavy (non-hydrogen) atoms. The van der Waals surface area contributed by atoms with Gasteiger partial charge in [0.25, 0.3) is 5.75 Å². The van der Waals surface area contributed by atoms with E-state index in [0.29, 0.717) is 43.0 Å². The fourth-order valence-electron chi connectivity index (χ4n) is 5.01. The highest BCUT2D eigenvalue weighted by Crippen LogP contribution is 2.42. The summed E-state index contributed by atoms with van der Waals surface area (Å²) in [5, 5.41) is 27.7. The first-order chi connectivity index (χ1) is 15.3. The third-order valence-electron chi connectivity index (χ3n) is 6.97. The minimum absolute atomic E-state index is 0.0339. The number of hydrogen-bond donors (Lipinski definition) is 2. The molecule has 1 aromatic heterocycles. The number of rotatable bonds is 5. The summed E-state index contributed by atoms with van der Waals surface area (Å²) in [6.07, 6.45) is 5.98. The van der Waals surface area contributed by atoms with Gasteiger partial charge in [0.2, 0.25) is 5.91 Å². The molecule has 0 spiro atoms. The molecule has 2 saturated carbocycles. The zero-order valence-corrected chi connectivity index (χ0v) is 19.2. The number of thiophene rings is 1. The first-order valence-electron chi connectivity index (χ1n) is 11.5.